The molecule has 0 aromatic carbocycles. The lowest BCUT2D eigenvalue weighted by Gasteiger charge is -2.22. The van der Waals surface area contributed by atoms with E-state index in [1.807, 2.05) is 6.92 Å². The number of rotatable bonds is 3. The van der Waals surface area contributed by atoms with Crippen LogP contribution in [0.3, 0.4) is 0 Å². The number of alkyl halides is 2. The summed E-state index contributed by atoms with van der Waals surface area (Å²) in [7, 11) is 0. The Hall–Kier alpha value is 0.690. The first-order valence-corrected chi connectivity index (χ1v) is 3.94. The van der Waals surface area contributed by atoms with Crippen LogP contribution in [0.5, 0.6) is 0 Å². The van der Waals surface area contributed by atoms with E-state index >= 15 is 0 Å². The fraction of sp³-hybridized carbons (Fsp3) is 1.00. The van der Waals surface area contributed by atoms with Crippen LogP contribution in [-0.4, -0.2) is 16.7 Å². The van der Waals surface area contributed by atoms with Gasteiger partial charge in [0.2, 0.25) is 0 Å². The van der Waals surface area contributed by atoms with Gasteiger partial charge in [0.1, 0.15) is 0 Å². The van der Waals surface area contributed by atoms with Gasteiger partial charge < -0.3 is 0 Å². The van der Waals surface area contributed by atoms with Gasteiger partial charge in [0, 0.05) is 11.2 Å². The van der Waals surface area contributed by atoms with Gasteiger partial charge in [-0.1, -0.05) is 15.9 Å². The summed E-state index contributed by atoms with van der Waals surface area (Å²) in [5.41, 5.74) is 2.43. The molecule has 0 saturated heterocycles. The van der Waals surface area contributed by atoms with Gasteiger partial charge in [0.25, 0.3) is 0 Å². The van der Waals surface area contributed by atoms with Crippen LogP contribution in [0.15, 0.2) is 0 Å². The van der Waals surface area contributed by atoms with E-state index in [2.05, 4.69) is 21.4 Å². The summed E-state index contributed by atoms with van der Waals surface area (Å²) in [6, 6.07) is 0. The highest BCUT2D eigenvalue weighted by atomic mass is 79.9. The summed E-state index contributed by atoms with van der Waals surface area (Å²) in [4.78, 5) is 0. The van der Waals surface area contributed by atoms with Crippen molar-refractivity contribution in [1.82, 2.24) is 5.43 Å². The predicted molar refractivity (Wildman–Crippen MR) is 40.2 cm³/mol. The number of halogens is 2. The minimum atomic E-state index is -0.165. The summed E-state index contributed by atoms with van der Waals surface area (Å²) in [5, 5.41) is 0.764. The largest absolute Gasteiger partial charge is 0.271 e. The van der Waals surface area contributed by atoms with Gasteiger partial charge >= 0.3 is 0 Å². The Balaban J connectivity index is 3.58. The van der Waals surface area contributed by atoms with E-state index in [1.165, 1.54) is 0 Å². The molecule has 3 N–H and O–H groups in total. The van der Waals surface area contributed by atoms with Crippen LogP contribution in [-0.2, 0) is 0 Å². The summed E-state index contributed by atoms with van der Waals surface area (Å²) < 4.78 is 0. The molecule has 0 saturated carbocycles. The summed E-state index contributed by atoms with van der Waals surface area (Å²) in [5.74, 6) is 5.67. The average Bonchev–Trinajstić information content (AvgIpc) is 1.87. The summed E-state index contributed by atoms with van der Waals surface area (Å²) in [6.07, 6.45) is 0. The Morgan fingerprint density at radius 2 is 2.38 bits per heavy atom. The zero-order chi connectivity index (χ0) is 6.62. The summed E-state index contributed by atoms with van der Waals surface area (Å²) in [6.45, 7) is 1.94. The summed E-state index contributed by atoms with van der Waals surface area (Å²) >= 11 is 8.80. The van der Waals surface area contributed by atoms with Crippen molar-refractivity contribution < 1.29 is 0 Å². The maximum Gasteiger partial charge on any atom is 0.0524 e. The number of hydrazine groups is 1. The molecule has 0 aromatic rings. The van der Waals surface area contributed by atoms with E-state index in [1.54, 1.807) is 0 Å². The molecule has 0 bridgehead atoms. The lowest BCUT2D eigenvalue weighted by atomic mass is 10.1. The van der Waals surface area contributed by atoms with Crippen LogP contribution in [0, 0.1) is 0 Å². The van der Waals surface area contributed by atoms with Crippen LogP contribution < -0.4 is 11.3 Å². The number of nitrogens with two attached hydrogens (primary N) is 1. The highest BCUT2D eigenvalue weighted by molar-refractivity contribution is 9.09. The molecule has 0 heterocycles. The minimum absolute atomic E-state index is 0.165. The first-order chi connectivity index (χ1) is 3.68. The van der Waals surface area contributed by atoms with Gasteiger partial charge in [-0.25, -0.2) is 0 Å². The monoisotopic (exact) mass is 200 g/mol. The number of nitrogens with one attached hydrogen (secondary N) is 1. The van der Waals surface area contributed by atoms with Gasteiger partial charge in [-0.3, -0.25) is 11.3 Å². The van der Waals surface area contributed by atoms with Crippen molar-refractivity contribution in [3.8, 4) is 0 Å². The first kappa shape index (κ1) is 8.69. The Morgan fingerprint density at radius 1 is 1.88 bits per heavy atom. The van der Waals surface area contributed by atoms with E-state index in [0.717, 1.165) is 5.33 Å². The van der Waals surface area contributed by atoms with Crippen molar-refractivity contribution in [2.75, 3.05) is 11.2 Å². The molecule has 1 unspecified atom stereocenters. The molecule has 0 aliphatic rings. The van der Waals surface area contributed by atoms with Crippen molar-refractivity contribution in [2.24, 2.45) is 5.84 Å². The Bertz CT molecular complexity index is 56.8. The van der Waals surface area contributed by atoms with E-state index in [9.17, 15) is 0 Å². The third kappa shape index (κ3) is 2.31. The van der Waals surface area contributed by atoms with Crippen LogP contribution in [0.1, 0.15) is 6.92 Å². The first-order valence-electron chi connectivity index (χ1n) is 2.28. The molecule has 0 radical (unpaired) electrons. The Labute approximate surface area is 62.9 Å². The zero-order valence-electron chi connectivity index (χ0n) is 4.75. The second-order valence-electron chi connectivity index (χ2n) is 1.97. The zero-order valence-corrected chi connectivity index (χ0v) is 7.09. The predicted octanol–water partition coefficient (Wildman–Crippen LogP) is 0.842. The second kappa shape index (κ2) is 3.67. The fourth-order valence-electron chi connectivity index (χ4n) is 0.113. The normalized spacial score (nSPS) is 18.0. The van der Waals surface area contributed by atoms with E-state index in [4.69, 9.17) is 17.4 Å². The van der Waals surface area contributed by atoms with Crippen molar-refractivity contribution >= 4 is 27.5 Å². The average molecular weight is 201 g/mol. The maximum atomic E-state index is 5.54. The molecule has 0 rings (SSSR count). The van der Waals surface area contributed by atoms with Crippen molar-refractivity contribution in [1.29, 1.82) is 0 Å². The van der Waals surface area contributed by atoms with Gasteiger partial charge in [-0.15, -0.1) is 11.6 Å². The molecule has 50 valence electrons. The highest BCUT2D eigenvalue weighted by Gasteiger charge is 2.18. The lowest BCUT2D eigenvalue weighted by molar-refractivity contribution is 0.455. The van der Waals surface area contributed by atoms with Crippen LogP contribution in [0.4, 0.5) is 0 Å². The Morgan fingerprint density at radius 3 is 2.38 bits per heavy atom. The molecule has 0 spiro atoms. The van der Waals surface area contributed by atoms with E-state index in [0.29, 0.717) is 5.88 Å². The molecule has 0 aliphatic carbocycles. The van der Waals surface area contributed by atoms with Crippen molar-refractivity contribution in [2.45, 2.75) is 12.5 Å². The van der Waals surface area contributed by atoms with Crippen LogP contribution in [0.2, 0.25) is 0 Å². The van der Waals surface area contributed by atoms with Gasteiger partial charge in [-0.05, 0) is 6.92 Å². The third-order valence-electron chi connectivity index (χ3n) is 0.938. The topological polar surface area (TPSA) is 38.0 Å². The number of hydrogen-bond donors (Lipinski definition) is 2. The molecule has 0 aliphatic heterocycles. The third-order valence-corrected chi connectivity index (χ3v) is 2.77. The van der Waals surface area contributed by atoms with Crippen LogP contribution >= 0.6 is 27.5 Å². The van der Waals surface area contributed by atoms with Crippen LogP contribution in [0.25, 0.3) is 0 Å². The SMILES string of the molecule is CC(CCl)(CBr)NN. The molecule has 1 atom stereocenters. The molecule has 0 aromatic heterocycles. The molecule has 4 heteroatoms. The highest BCUT2D eigenvalue weighted by Crippen LogP contribution is 2.07. The molecule has 0 fully saturated rings. The number of hydrogen-bond acceptors (Lipinski definition) is 2. The standard InChI is InChI=1S/C4H10BrClN2/c1-4(2-5,3-6)8-7/h8H,2-3,7H2,1H3. The van der Waals surface area contributed by atoms with Crippen molar-refractivity contribution in [3.63, 3.8) is 0 Å². The Kier molecular flexibility index (Phi) is 3.98. The second-order valence-corrected chi connectivity index (χ2v) is 2.80. The smallest absolute Gasteiger partial charge is 0.0524 e. The fourth-order valence-corrected chi connectivity index (χ4v) is 0.873. The van der Waals surface area contributed by atoms with Gasteiger partial charge in [0.15, 0.2) is 0 Å². The molecule has 0 amide bonds. The quantitative estimate of drug-likeness (QED) is 0.403. The molecule has 8 heavy (non-hydrogen) atoms. The van der Waals surface area contributed by atoms with Gasteiger partial charge in [-0.2, -0.15) is 0 Å². The minimum Gasteiger partial charge on any atom is -0.271 e. The van der Waals surface area contributed by atoms with E-state index < -0.39 is 0 Å². The molecular formula is C4H10BrClN2. The molecular weight excluding hydrogens is 191 g/mol. The lowest BCUT2D eigenvalue weighted by Crippen LogP contribution is -2.49. The molecule has 2 nitrogen and oxygen atoms in total. The van der Waals surface area contributed by atoms with E-state index in [-0.39, 0.29) is 5.54 Å². The van der Waals surface area contributed by atoms with Crippen molar-refractivity contribution in [3.05, 3.63) is 0 Å². The van der Waals surface area contributed by atoms with Gasteiger partial charge in [0.05, 0.1) is 5.54 Å². The maximum absolute atomic E-state index is 5.54.